The highest BCUT2D eigenvalue weighted by Gasteiger charge is 2.34. The zero-order valence-electron chi connectivity index (χ0n) is 15.4. The molecule has 6 heteroatoms. The van der Waals surface area contributed by atoms with E-state index in [0.717, 1.165) is 23.4 Å². The number of hydrogen-bond donors (Lipinski definition) is 2. The van der Waals surface area contributed by atoms with Gasteiger partial charge in [0.25, 0.3) is 0 Å². The van der Waals surface area contributed by atoms with Crippen LogP contribution in [0.15, 0.2) is 36.4 Å². The summed E-state index contributed by atoms with van der Waals surface area (Å²) in [4.78, 5) is 0. The number of benzene rings is 2. The first kappa shape index (κ1) is 18.8. The van der Waals surface area contributed by atoms with Gasteiger partial charge in [-0.15, -0.1) is 0 Å². The number of nitrogens with one attached hydrogen (secondary N) is 2. The topological polar surface area (TPSA) is 42.5 Å². The summed E-state index contributed by atoms with van der Waals surface area (Å²) in [5, 5.41) is 7.69. The highest BCUT2D eigenvalue weighted by atomic mass is 35.5. The summed E-state index contributed by atoms with van der Waals surface area (Å²) in [7, 11) is 1.59. The molecule has 1 aliphatic heterocycles. The fourth-order valence-electron chi connectivity index (χ4n) is 3.17. The number of hydrogen-bond acceptors (Lipinski definition) is 3. The molecule has 1 aliphatic rings. The van der Waals surface area contributed by atoms with Crippen LogP contribution < -0.4 is 20.1 Å². The maximum absolute atomic E-state index is 6.18. The molecule has 4 nitrogen and oxygen atoms in total. The molecule has 0 saturated heterocycles. The van der Waals surface area contributed by atoms with E-state index in [2.05, 4.69) is 43.5 Å². The molecule has 2 N–H and O–H groups in total. The molecule has 0 aliphatic carbocycles. The van der Waals surface area contributed by atoms with E-state index in [1.165, 1.54) is 5.56 Å². The first-order valence-electron chi connectivity index (χ1n) is 8.48. The molecule has 3 rings (SSSR count). The van der Waals surface area contributed by atoms with Crippen LogP contribution in [-0.2, 0) is 0 Å². The second-order valence-electron chi connectivity index (χ2n) is 7.11. The van der Waals surface area contributed by atoms with Crippen LogP contribution in [0.25, 0.3) is 0 Å². The van der Waals surface area contributed by atoms with Crippen LogP contribution >= 0.6 is 23.8 Å². The molecule has 0 amide bonds. The molecule has 2 aromatic rings. The van der Waals surface area contributed by atoms with E-state index in [9.17, 15) is 0 Å². The van der Waals surface area contributed by atoms with Crippen molar-refractivity contribution in [2.24, 2.45) is 0 Å². The standard InChI is InChI=1S/C20H23ClN2O2S/c1-12-5-7-17-14(9-12)16(11-20(2,3)25-17)23-19(26)22-13-6-8-18(24-4)15(21)10-13/h5-10,16H,11H2,1-4H3,(H2,22,23,26)/t16-/m1/s1. The van der Waals surface area contributed by atoms with E-state index in [4.69, 9.17) is 33.3 Å². The minimum Gasteiger partial charge on any atom is -0.495 e. The second-order valence-corrected chi connectivity index (χ2v) is 7.92. The van der Waals surface area contributed by atoms with E-state index in [0.29, 0.717) is 15.9 Å². The average molecular weight is 391 g/mol. The van der Waals surface area contributed by atoms with E-state index >= 15 is 0 Å². The number of thiocarbonyl (C=S) groups is 1. The lowest BCUT2D eigenvalue weighted by atomic mass is 9.89. The molecule has 0 bridgehead atoms. The fourth-order valence-corrected chi connectivity index (χ4v) is 3.69. The smallest absolute Gasteiger partial charge is 0.171 e. The third kappa shape index (κ3) is 4.22. The minimum absolute atomic E-state index is 0.0716. The Labute approximate surface area is 164 Å². The molecule has 0 fully saturated rings. The van der Waals surface area contributed by atoms with Crippen molar-refractivity contribution in [2.75, 3.05) is 12.4 Å². The lowest BCUT2D eigenvalue weighted by Crippen LogP contribution is -2.42. The normalized spacial score (nSPS) is 17.7. The predicted octanol–water partition coefficient (Wildman–Crippen LogP) is 5.25. The van der Waals surface area contributed by atoms with Crippen molar-refractivity contribution in [3.63, 3.8) is 0 Å². The summed E-state index contributed by atoms with van der Waals surface area (Å²) in [5.41, 5.74) is 2.86. The van der Waals surface area contributed by atoms with Crippen molar-refractivity contribution in [3.05, 3.63) is 52.5 Å². The van der Waals surface area contributed by atoms with Crippen molar-refractivity contribution in [3.8, 4) is 11.5 Å². The Bertz CT molecular complexity index is 839. The van der Waals surface area contributed by atoms with Crippen LogP contribution in [-0.4, -0.2) is 17.8 Å². The van der Waals surface area contributed by atoms with Gasteiger partial charge in [-0.05, 0) is 57.3 Å². The van der Waals surface area contributed by atoms with Gasteiger partial charge in [-0.25, -0.2) is 0 Å². The first-order chi connectivity index (χ1) is 12.3. The molecule has 0 saturated carbocycles. The maximum Gasteiger partial charge on any atom is 0.171 e. The molecular weight excluding hydrogens is 368 g/mol. The number of halogens is 1. The highest BCUT2D eigenvalue weighted by Crippen LogP contribution is 2.40. The molecule has 0 radical (unpaired) electrons. The van der Waals surface area contributed by atoms with Gasteiger partial charge in [0, 0.05) is 17.7 Å². The first-order valence-corrected chi connectivity index (χ1v) is 9.27. The van der Waals surface area contributed by atoms with Gasteiger partial charge < -0.3 is 20.1 Å². The lowest BCUT2D eigenvalue weighted by Gasteiger charge is -2.38. The van der Waals surface area contributed by atoms with Crippen LogP contribution in [0.3, 0.4) is 0 Å². The molecule has 2 aromatic carbocycles. The molecular formula is C20H23ClN2O2S. The van der Waals surface area contributed by atoms with Crippen molar-refractivity contribution in [1.29, 1.82) is 0 Å². The Morgan fingerprint density at radius 3 is 2.73 bits per heavy atom. The molecule has 0 unspecified atom stereocenters. The Morgan fingerprint density at radius 2 is 2.04 bits per heavy atom. The quantitative estimate of drug-likeness (QED) is 0.701. The predicted molar refractivity (Wildman–Crippen MR) is 111 cm³/mol. The van der Waals surface area contributed by atoms with Crippen LogP contribution in [0.1, 0.15) is 37.4 Å². The Kier molecular flexibility index (Phi) is 5.30. The minimum atomic E-state index is -0.265. The second kappa shape index (κ2) is 7.33. The molecule has 26 heavy (non-hydrogen) atoms. The van der Waals surface area contributed by atoms with Crippen LogP contribution in [0.5, 0.6) is 11.5 Å². The van der Waals surface area contributed by atoms with Gasteiger partial charge in [-0.3, -0.25) is 0 Å². The van der Waals surface area contributed by atoms with Gasteiger partial charge in [0.05, 0.1) is 18.2 Å². The Hall–Kier alpha value is -1.98. The third-order valence-electron chi connectivity index (χ3n) is 4.34. The summed E-state index contributed by atoms with van der Waals surface area (Å²) in [6.07, 6.45) is 0.814. The van der Waals surface area contributed by atoms with Gasteiger partial charge in [-0.2, -0.15) is 0 Å². The van der Waals surface area contributed by atoms with E-state index in [1.54, 1.807) is 13.2 Å². The number of aryl methyl sites for hydroxylation is 1. The molecule has 1 atom stereocenters. The molecule has 1 heterocycles. The number of ether oxygens (including phenoxy) is 2. The summed E-state index contributed by atoms with van der Waals surface area (Å²) in [6, 6.07) is 11.8. The van der Waals surface area contributed by atoms with Crippen molar-refractivity contribution >= 4 is 34.6 Å². The van der Waals surface area contributed by atoms with Crippen molar-refractivity contribution in [2.45, 2.75) is 38.8 Å². The number of anilines is 1. The molecule has 138 valence electrons. The van der Waals surface area contributed by atoms with E-state index < -0.39 is 0 Å². The van der Waals surface area contributed by atoms with Gasteiger partial charge in [0.15, 0.2) is 5.11 Å². The van der Waals surface area contributed by atoms with Crippen LogP contribution in [0.2, 0.25) is 5.02 Å². The molecule has 0 aromatic heterocycles. The third-order valence-corrected chi connectivity index (χ3v) is 4.85. The summed E-state index contributed by atoms with van der Waals surface area (Å²) >= 11 is 11.7. The highest BCUT2D eigenvalue weighted by molar-refractivity contribution is 7.80. The van der Waals surface area contributed by atoms with Gasteiger partial charge >= 0.3 is 0 Å². The Balaban J connectivity index is 1.76. The maximum atomic E-state index is 6.18. The van der Waals surface area contributed by atoms with Crippen molar-refractivity contribution < 1.29 is 9.47 Å². The van der Waals surface area contributed by atoms with Gasteiger partial charge in [-0.1, -0.05) is 29.3 Å². The van der Waals surface area contributed by atoms with Crippen LogP contribution in [0.4, 0.5) is 5.69 Å². The van der Waals surface area contributed by atoms with Crippen LogP contribution in [0, 0.1) is 6.92 Å². The van der Waals surface area contributed by atoms with E-state index in [1.807, 2.05) is 18.2 Å². The SMILES string of the molecule is COc1ccc(NC(=S)N[C@@H]2CC(C)(C)Oc3ccc(C)cc32)cc1Cl. The molecule has 0 spiro atoms. The Morgan fingerprint density at radius 1 is 1.27 bits per heavy atom. The van der Waals surface area contributed by atoms with Gasteiger partial charge in [0.2, 0.25) is 0 Å². The summed E-state index contributed by atoms with van der Waals surface area (Å²) < 4.78 is 11.3. The summed E-state index contributed by atoms with van der Waals surface area (Å²) in [5.74, 6) is 1.53. The number of rotatable bonds is 3. The number of fused-ring (bicyclic) bond motifs is 1. The lowest BCUT2D eigenvalue weighted by molar-refractivity contribution is 0.0696. The summed E-state index contributed by atoms with van der Waals surface area (Å²) in [6.45, 7) is 6.25. The largest absolute Gasteiger partial charge is 0.495 e. The monoisotopic (exact) mass is 390 g/mol. The number of methoxy groups -OCH3 is 1. The fraction of sp³-hybridized carbons (Fsp3) is 0.350. The van der Waals surface area contributed by atoms with Gasteiger partial charge in [0.1, 0.15) is 17.1 Å². The zero-order valence-corrected chi connectivity index (χ0v) is 16.9. The zero-order chi connectivity index (χ0) is 18.9. The van der Waals surface area contributed by atoms with Crippen molar-refractivity contribution in [1.82, 2.24) is 5.32 Å². The van der Waals surface area contributed by atoms with E-state index in [-0.39, 0.29) is 11.6 Å². The average Bonchev–Trinajstić information content (AvgIpc) is 2.55.